The van der Waals surface area contributed by atoms with Gasteiger partial charge in [0.15, 0.2) is 5.78 Å². The zero-order valence-corrected chi connectivity index (χ0v) is 10.8. The van der Waals surface area contributed by atoms with Gasteiger partial charge in [0.05, 0.1) is 11.0 Å². The molecule has 0 amide bonds. The summed E-state index contributed by atoms with van der Waals surface area (Å²) in [5.74, 6) is -0.0471. The van der Waals surface area contributed by atoms with E-state index in [1.165, 1.54) is 13.8 Å². The molecule has 1 aromatic heterocycles. The largest absolute Gasteiger partial charge is 0.295 e. The van der Waals surface area contributed by atoms with Crippen molar-refractivity contribution in [2.24, 2.45) is 0 Å². The number of hydrogen-bond donors (Lipinski definition) is 0. The lowest BCUT2D eigenvalue weighted by atomic mass is 10.1. The summed E-state index contributed by atoms with van der Waals surface area (Å²) < 4.78 is 1.66. The van der Waals surface area contributed by atoms with Gasteiger partial charge in [-0.05, 0) is 19.1 Å². The summed E-state index contributed by atoms with van der Waals surface area (Å²) >= 11 is 0. The molecule has 0 unspecified atom stereocenters. The van der Waals surface area contributed by atoms with E-state index in [1.807, 2.05) is 36.4 Å². The third-order valence-electron chi connectivity index (χ3n) is 3.40. The normalized spacial score (nSPS) is 11.1. The Balaban J connectivity index is 2.53. The fourth-order valence-electron chi connectivity index (χ4n) is 2.53. The molecule has 3 heteroatoms. The van der Waals surface area contributed by atoms with Gasteiger partial charge in [0.1, 0.15) is 0 Å². The maximum Gasteiger partial charge on any atom is 0.228 e. The maximum absolute atomic E-state index is 11.9. The molecule has 0 aliphatic rings. The van der Waals surface area contributed by atoms with Crippen LogP contribution in [0.15, 0.2) is 42.5 Å². The van der Waals surface area contributed by atoms with Crippen LogP contribution in [0.4, 0.5) is 0 Å². The Morgan fingerprint density at radius 3 is 2.26 bits per heavy atom. The van der Waals surface area contributed by atoms with Crippen molar-refractivity contribution in [3.05, 3.63) is 48.0 Å². The van der Waals surface area contributed by atoms with Crippen LogP contribution in [0.1, 0.15) is 29.0 Å². The molecule has 19 heavy (non-hydrogen) atoms. The Morgan fingerprint density at radius 1 is 0.895 bits per heavy atom. The molecule has 1 heterocycles. The quantitative estimate of drug-likeness (QED) is 0.619. The van der Waals surface area contributed by atoms with E-state index in [4.69, 9.17) is 0 Å². The van der Waals surface area contributed by atoms with Crippen molar-refractivity contribution in [3.63, 3.8) is 0 Å². The monoisotopic (exact) mass is 251 g/mol. The van der Waals surface area contributed by atoms with E-state index in [1.54, 1.807) is 10.6 Å². The lowest BCUT2D eigenvalue weighted by Crippen LogP contribution is -2.05. The Kier molecular flexibility index (Phi) is 2.49. The van der Waals surface area contributed by atoms with Crippen LogP contribution < -0.4 is 0 Å². The first-order chi connectivity index (χ1) is 9.09. The van der Waals surface area contributed by atoms with Gasteiger partial charge >= 0.3 is 0 Å². The molecule has 0 N–H and O–H groups in total. The van der Waals surface area contributed by atoms with E-state index in [2.05, 4.69) is 0 Å². The van der Waals surface area contributed by atoms with Crippen molar-refractivity contribution >= 4 is 33.5 Å². The molecule has 2 aromatic carbocycles. The summed E-state index contributed by atoms with van der Waals surface area (Å²) in [6.45, 7) is 3.06. The summed E-state index contributed by atoms with van der Waals surface area (Å²) in [5, 5.41) is 2.03. The number of hydrogen-bond acceptors (Lipinski definition) is 2. The highest BCUT2D eigenvalue weighted by molar-refractivity contribution is 6.14. The molecule has 0 bridgehead atoms. The van der Waals surface area contributed by atoms with Gasteiger partial charge in [-0.3, -0.25) is 14.2 Å². The first kappa shape index (κ1) is 11.7. The molecule has 94 valence electrons. The summed E-state index contributed by atoms with van der Waals surface area (Å²) in [7, 11) is 0. The van der Waals surface area contributed by atoms with Crippen molar-refractivity contribution in [3.8, 4) is 0 Å². The van der Waals surface area contributed by atoms with E-state index in [9.17, 15) is 9.59 Å². The van der Waals surface area contributed by atoms with Crippen molar-refractivity contribution in [2.75, 3.05) is 0 Å². The van der Waals surface area contributed by atoms with Gasteiger partial charge in [-0.2, -0.15) is 0 Å². The molecule has 0 fully saturated rings. The predicted octanol–water partition coefficient (Wildman–Crippen LogP) is 3.66. The molecule has 0 radical (unpaired) electrons. The molecular weight excluding hydrogens is 238 g/mol. The summed E-state index contributed by atoms with van der Waals surface area (Å²) in [6, 6.07) is 13.3. The zero-order chi connectivity index (χ0) is 13.6. The third-order valence-corrected chi connectivity index (χ3v) is 3.40. The number of carbonyl (C=O) groups is 2. The van der Waals surface area contributed by atoms with Gasteiger partial charge in [0.25, 0.3) is 0 Å². The van der Waals surface area contributed by atoms with Crippen LogP contribution in [-0.4, -0.2) is 16.3 Å². The van der Waals surface area contributed by atoms with Gasteiger partial charge in [0, 0.05) is 23.3 Å². The van der Waals surface area contributed by atoms with Crippen LogP contribution in [0.3, 0.4) is 0 Å². The van der Waals surface area contributed by atoms with Crippen LogP contribution in [0, 0.1) is 0 Å². The summed E-state index contributed by atoms with van der Waals surface area (Å²) in [5.41, 5.74) is 2.30. The molecule has 0 spiro atoms. The zero-order valence-electron chi connectivity index (χ0n) is 10.8. The van der Waals surface area contributed by atoms with Crippen LogP contribution >= 0.6 is 0 Å². The number of Topliss-reactive ketones (excluding diaryl/α,β-unsaturated/α-hetero) is 1. The highest BCUT2D eigenvalue weighted by atomic mass is 16.1. The number of ketones is 1. The van der Waals surface area contributed by atoms with Crippen molar-refractivity contribution in [1.82, 2.24) is 4.57 Å². The number of nitrogens with zero attached hydrogens (tertiary/aromatic N) is 1. The number of benzene rings is 2. The highest BCUT2D eigenvalue weighted by Gasteiger charge is 2.14. The smallest absolute Gasteiger partial charge is 0.228 e. The topological polar surface area (TPSA) is 39.1 Å². The predicted molar refractivity (Wildman–Crippen MR) is 75.7 cm³/mol. The standard InChI is InChI=1S/C16H13NO2/c1-10(18)12-7-8-14-13-5-3-4-6-15(13)17(11(2)19)16(14)9-12/h3-9H,1-2H3. The Hall–Kier alpha value is -2.42. The number of aromatic nitrogens is 1. The van der Waals surface area contributed by atoms with E-state index in [0.29, 0.717) is 5.56 Å². The van der Waals surface area contributed by atoms with Gasteiger partial charge in [0.2, 0.25) is 5.91 Å². The molecule has 3 nitrogen and oxygen atoms in total. The molecule has 0 saturated heterocycles. The Labute approximate surface area is 110 Å². The van der Waals surface area contributed by atoms with Gasteiger partial charge in [-0.15, -0.1) is 0 Å². The minimum Gasteiger partial charge on any atom is -0.295 e. The lowest BCUT2D eigenvalue weighted by Gasteiger charge is -2.02. The van der Waals surface area contributed by atoms with E-state index >= 15 is 0 Å². The van der Waals surface area contributed by atoms with Crippen molar-refractivity contribution < 1.29 is 9.59 Å². The van der Waals surface area contributed by atoms with Crippen LogP contribution in [0.2, 0.25) is 0 Å². The average molecular weight is 251 g/mol. The Morgan fingerprint density at radius 2 is 1.58 bits per heavy atom. The van der Waals surface area contributed by atoms with Crippen LogP contribution in [0.25, 0.3) is 21.8 Å². The average Bonchev–Trinajstić information content (AvgIpc) is 2.72. The minimum atomic E-state index is -0.0492. The van der Waals surface area contributed by atoms with E-state index in [-0.39, 0.29) is 11.7 Å². The molecular formula is C16H13NO2. The molecule has 0 saturated carbocycles. The summed E-state index contributed by atoms with van der Waals surface area (Å²) in [6.07, 6.45) is 0. The number of para-hydroxylation sites is 1. The molecule has 3 rings (SSSR count). The fraction of sp³-hybridized carbons (Fsp3) is 0.125. The van der Waals surface area contributed by atoms with Crippen LogP contribution in [-0.2, 0) is 0 Å². The minimum absolute atomic E-state index is 0.00209. The first-order valence-corrected chi connectivity index (χ1v) is 6.14. The van der Waals surface area contributed by atoms with Gasteiger partial charge in [-0.1, -0.05) is 30.3 Å². The second kappa shape index (κ2) is 4.05. The SMILES string of the molecule is CC(=O)c1ccc2c3ccccc3n(C(C)=O)c2c1. The van der Waals surface area contributed by atoms with E-state index in [0.717, 1.165) is 21.8 Å². The van der Waals surface area contributed by atoms with Gasteiger partial charge in [-0.25, -0.2) is 0 Å². The number of carbonyl (C=O) groups excluding carboxylic acids is 2. The third kappa shape index (κ3) is 1.66. The molecule has 0 aliphatic heterocycles. The molecule has 0 aliphatic carbocycles. The number of rotatable bonds is 1. The molecule has 0 atom stereocenters. The lowest BCUT2D eigenvalue weighted by molar-refractivity contribution is 0.0944. The fourth-order valence-corrected chi connectivity index (χ4v) is 2.53. The van der Waals surface area contributed by atoms with Crippen LogP contribution in [0.5, 0.6) is 0 Å². The van der Waals surface area contributed by atoms with Crippen molar-refractivity contribution in [1.29, 1.82) is 0 Å². The summed E-state index contributed by atoms with van der Waals surface area (Å²) in [4.78, 5) is 23.4. The van der Waals surface area contributed by atoms with E-state index < -0.39 is 0 Å². The maximum atomic E-state index is 11.9. The second-order valence-corrected chi connectivity index (χ2v) is 4.66. The second-order valence-electron chi connectivity index (χ2n) is 4.66. The van der Waals surface area contributed by atoms with Gasteiger partial charge < -0.3 is 0 Å². The van der Waals surface area contributed by atoms with Crippen molar-refractivity contribution in [2.45, 2.75) is 13.8 Å². The Bertz CT molecular complexity index is 827. The highest BCUT2D eigenvalue weighted by Crippen LogP contribution is 2.29. The number of fused-ring (bicyclic) bond motifs is 3. The molecule has 3 aromatic rings. The first-order valence-electron chi connectivity index (χ1n) is 6.14.